The number of amides is 1. The molecule has 0 spiro atoms. The van der Waals surface area contributed by atoms with E-state index in [0.717, 1.165) is 37.1 Å². The molecule has 0 unspecified atom stereocenters. The smallest absolute Gasteiger partial charge is 0.416 e. The summed E-state index contributed by atoms with van der Waals surface area (Å²) >= 11 is 0. The minimum Gasteiger partial charge on any atom is -0.451 e. The van der Waals surface area contributed by atoms with E-state index >= 15 is 0 Å². The first-order valence-corrected chi connectivity index (χ1v) is 10.1. The number of alkyl halides is 3. The van der Waals surface area contributed by atoms with E-state index < -0.39 is 35.3 Å². The Hall–Kier alpha value is -3.16. The van der Waals surface area contributed by atoms with Crippen molar-refractivity contribution in [2.75, 3.05) is 0 Å². The Balaban J connectivity index is 1.56. The number of furan rings is 1. The molecule has 8 heteroatoms. The van der Waals surface area contributed by atoms with Gasteiger partial charge in [0.05, 0.1) is 11.6 Å². The van der Waals surface area contributed by atoms with Crippen molar-refractivity contribution >= 4 is 5.91 Å². The summed E-state index contributed by atoms with van der Waals surface area (Å²) in [6.45, 7) is 2.87. The highest BCUT2D eigenvalue weighted by Gasteiger charge is 2.34. The number of benzene rings is 2. The van der Waals surface area contributed by atoms with Crippen LogP contribution in [0.25, 0.3) is 11.3 Å². The second kappa shape index (κ2) is 8.07. The zero-order valence-electron chi connectivity index (χ0n) is 17.3. The van der Waals surface area contributed by atoms with Gasteiger partial charge < -0.3 is 9.73 Å². The van der Waals surface area contributed by atoms with Gasteiger partial charge in [-0.15, -0.1) is 0 Å². The topological polar surface area (TPSA) is 42.2 Å². The molecule has 1 fully saturated rings. The average molecular weight is 449 g/mol. The molecule has 1 atom stereocenters. The molecule has 0 saturated heterocycles. The summed E-state index contributed by atoms with van der Waals surface area (Å²) < 4.78 is 73.1. The van der Waals surface area contributed by atoms with Gasteiger partial charge in [0.2, 0.25) is 0 Å². The van der Waals surface area contributed by atoms with E-state index in [-0.39, 0.29) is 34.1 Å². The lowest BCUT2D eigenvalue weighted by Gasteiger charge is -2.14. The quantitative estimate of drug-likeness (QED) is 0.430. The standard InChI is InChI=1S/C24H20F5NO2/c1-12-19(25)10-15(11-20(12)26)13(2)30-23(31)22-6-5-21(32-22)17-7-16(14-3-4-14)8-18(9-17)24(27,28)29/h5-11,13-14H,3-4H2,1-2H3,(H,30,31)/t13-/m1/s1. The molecule has 32 heavy (non-hydrogen) atoms. The summed E-state index contributed by atoms with van der Waals surface area (Å²) in [5, 5.41) is 2.58. The zero-order chi connectivity index (χ0) is 23.2. The van der Waals surface area contributed by atoms with Gasteiger partial charge in [0.25, 0.3) is 5.91 Å². The molecule has 1 heterocycles. The van der Waals surface area contributed by atoms with Gasteiger partial charge in [0.1, 0.15) is 17.4 Å². The number of hydrogen-bond acceptors (Lipinski definition) is 2. The molecule has 0 aliphatic heterocycles. The fourth-order valence-electron chi connectivity index (χ4n) is 3.49. The third-order valence-electron chi connectivity index (χ3n) is 5.60. The van der Waals surface area contributed by atoms with Crippen molar-refractivity contribution in [1.29, 1.82) is 0 Å². The van der Waals surface area contributed by atoms with Crippen molar-refractivity contribution < 1.29 is 31.2 Å². The summed E-state index contributed by atoms with van der Waals surface area (Å²) in [7, 11) is 0. The normalized spacial score (nSPS) is 15.0. The Morgan fingerprint density at radius 1 is 1.06 bits per heavy atom. The average Bonchev–Trinajstić information content (AvgIpc) is 3.46. The van der Waals surface area contributed by atoms with E-state index in [4.69, 9.17) is 4.42 Å². The van der Waals surface area contributed by atoms with Crippen LogP contribution in [0.2, 0.25) is 0 Å². The maximum Gasteiger partial charge on any atom is 0.416 e. The van der Waals surface area contributed by atoms with Crippen LogP contribution in [0.15, 0.2) is 46.9 Å². The molecule has 0 bridgehead atoms. The fraction of sp³-hybridized carbons (Fsp3) is 0.292. The molecule has 1 saturated carbocycles. The zero-order valence-corrected chi connectivity index (χ0v) is 17.3. The minimum atomic E-state index is -4.50. The molecule has 1 aromatic heterocycles. The van der Waals surface area contributed by atoms with Crippen molar-refractivity contribution in [2.24, 2.45) is 0 Å². The molecular weight excluding hydrogens is 429 g/mol. The van der Waals surface area contributed by atoms with Crippen molar-refractivity contribution in [3.05, 3.63) is 82.1 Å². The Labute approximate surface area is 181 Å². The molecule has 3 aromatic rings. The maximum atomic E-state index is 13.8. The van der Waals surface area contributed by atoms with Gasteiger partial charge in [-0.25, -0.2) is 8.78 Å². The van der Waals surface area contributed by atoms with E-state index in [9.17, 15) is 26.7 Å². The van der Waals surface area contributed by atoms with Crippen molar-refractivity contribution in [3.63, 3.8) is 0 Å². The molecule has 1 amide bonds. The van der Waals surface area contributed by atoms with Crippen molar-refractivity contribution in [1.82, 2.24) is 5.32 Å². The van der Waals surface area contributed by atoms with Crippen LogP contribution >= 0.6 is 0 Å². The lowest BCUT2D eigenvalue weighted by molar-refractivity contribution is -0.137. The lowest BCUT2D eigenvalue weighted by atomic mass is 10.0. The van der Waals surface area contributed by atoms with E-state index in [1.165, 1.54) is 19.1 Å². The van der Waals surface area contributed by atoms with Gasteiger partial charge in [-0.1, -0.05) is 0 Å². The second-order valence-electron chi connectivity index (χ2n) is 8.08. The molecule has 1 aliphatic rings. The molecule has 2 aromatic carbocycles. The van der Waals surface area contributed by atoms with Gasteiger partial charge in [0, 0.05) is 11.1 Å². The second-order valence-corrected chi connectivity index (χ2v) is 8.08. The molecule has 1 aliphatic carbocycles. The predicted molar refractivity (Wildman–Crippen MR) is 108 cm³/mol. The molecular formula is C24H20F5NO2. The summed E-state index contributed by atoms with van der Waals surface area (Å²) in [4.78, 5) is 12.5. The predicted octanol–water partition coefficient (Wildman–Crippen LogP) is 6.92. The van der Waals surface area contributed by atoms with E-state index in [1.807, 2.05) is 0 Å². The van der Waals surface area contributed by atoms with Gasteiger partial charge in [-0.3, -0.25) is 4.79 Å². The third-order valence-corrected chi connectivity index (χ3v) is 5.60. The molecule has 168 valence electrons. The SMILES string of the molecule is Cc1c(F)cc([C@@H](C)NC(=O)c2ccc(-c3cc(C4CC4)cc(C(F)(F)F)c3)o2)cc1F. The number of hydrogen-bond donors (Lipinski definition) is 1. The molecule has 4 rings (SSSR count). The van der Waals surface area contributed by atoms with Crippen LogP contribution in [-0.4, -0.2) is 5.91 Å². The van der Waals surface area contributed by atoms with Crippen LogP contribution in [0, 0.1) is 18.6 Å². The highest BCUT2D eigenvalue weighted by atomic mass is 19.4. The van der Waals surface area contributed by atoms with E-state index in [1.54, 1.807) is 13.0 Å². The Morgan fingerprint density at radius 2 is 1.72 bits per heavy atom. The van der Waals surface area contributed by atoms with Crippen LogP contribution < -0.4 is 5.32 Å². The maximum absolute atomic E-state index is 13.8. The Kier molecular flexibility index (Phi) is 5.56. The van der Waals surface area contributed by atoms with Crippen LogP contribution in [0.5, 0.6) is 0 Å². The highest BCUT2D eigenvalue weighted by Crippen LogP contribution is 2.44. The van der Waals surface area contributed by atoms with Gasteiger partial charge in [-0.05, 0) is 86.2 Å². The van der Waals surface area contributed by atoms with Crippen LogP contribution in [0.3, 0.4) is 0 Å². The first-order valence-electron chi connectivity index (χ1n) is 10.1. The minimum absolute atomic E-state index is 0.102. The number of nitrogens with one attached hydrogen (secondary N) is 1. The fourth-order valence-corrected chi connectivity index (χ4v) is 3.49. The number of halogens is 5. The van der Waals surface area contributed by atoms with Gasteiger partial charge >= 0.3 is 6.18 Å². The van der Waals surface area contributed by atoms with Gasteiger partial charge in [0.15, 0.2) is 5.76 Å². The van der Waals surface area contributed by atoms with Crippen molar-refractivity contribution in [3.8, 4) is 11.3 Å². The third kappa shape index (κ3) is 4.54. The molecule has 1 N–H and O–H groups in total. The van der Waals surface area contributed by atoms with E-state index in [2.05, 4.69) is 5.32 Å². The van der Waals surface area contributed by atoms with Crippen molar-refractivity contribution in [2.45, 2.75) is 44.8 Å². The van der Waals surface area contributed by atoms with E-state index in [0.29, 0.717) is 5.56 Å². The highest BCUT2D eigenvalue weighted by molar-refractivity contribution is 5.92. The number of carbonyl (C=O) groups excluding carboxylic acids is 1. The summed E-state index contributed by atoms with van der Waals surface area (Å²) in [5.41, 5.74) is 0.175. The first kappa shape index (κ1) is 22.0. The van der Waals surface area contributed by atoms with Gasteiger partial charge in [-0.2, -0.15) is 13.2 Å². The Morgan fingerprint density at radius 3 is 2.31 bits per heavy atom. The molecule has 0 radical (unpaired) electrons. The summed E-state index contributed by atoms with van der Waals surface area (Å²) in [6.07, 6.45) is -2.82. The molecule has 3 nitrogen and oxygen atoms in total. The lowest BCUT2D eigenvalue weighted by Crippen LogP contribution is -2.26. The monoisotopic (exact) mass is 449 g/mol. The number of rotatable bonds is 5. The van der Waals surface area contributed by atoms with Crippen LogP contribution in [0.1, 0.15) is 64.5 Å². The largest absolute Gasteiger partial charge is 0.451 e. The first-order chi connectivity index (χ1) is 15.0. The van der Waals surface area contributed by atoms with Crippen LogP contribution in [0.4, 0.5) is 22.0 Å². The summed E-state index contributed by atoms with van der Waals surface area (Å²) in [6, 6.07) is 8.12. The Bertz CT molecular complexity index is 1150. The summed E-state index contributed by atoms with van der Waals surface area (Å²) in [5.74, 6) is -1.99. The number of carbonyl (C=O) groups is 1. The van der Waals surface area contributed by atoms with Crippen LogP contribution in [-0.2, 0) is 6.18 Å².